The van der Waals surface area contributed by atoms with Gasteiger partial charge in [-0.2, -0.15) is 0 Å². The molecule has 3 nitrogen and oxygen atoms in total. The molecule has 3 rings (SSSR count). The minimum atomic E-state index is 0.203. The first-order valence-electron chi connectivity index (χ1n) is 7.01. The van der Waals surface area contributed by atoms with Crippen LogP contribution in [0.3, 0.4) is 0 Å². The highest BCUT2D eigenvalue weighted by Gasteiger charge is 2.07. The largest absolute Gasteiger partial charge is 0.497 e. The molecule has 2 aromatic carbocycles. The highest BCUT2D eigenvalue weighted by molar-refractivity contribution is 5.82. The average molecular weight is 278 g/mol. The van der Waals surface area contributed by atoms with Crippen molar-refractivity contribution in [2.24, 2.45) is 0 Å². The molecule has 1 N–H and O–H groups in total. The molecule has 0 radical (unpaired) electrons. The first-order chi connectivity index (χ1) is 10.3. The molecular weight excluding hydrogens is 260 g/mol. The third-order valence-electron chi connectivity index (χ3n) is 3.58. The summed E-state index contributed by atoms with van der Waals surface area (Å²) in [5.41, 5.74) is 3.29. The fourth-order valence-corrected chi connectivity index (χ4v) is 2.41. The molecule has 3 aromatic rings. The van der Waals surface area contributed by atoms with Crippen molar-refractivity contribution >= 4 is 16.6 Å². The Hall–Kier alpha value is -2.55. The van der Waals surface area contributed by atoms with Gasteiger partial charge in [0.25, 0.3) is 0 Å². The highest BCUT2D eigenvalue weighted by Crippen LogP contribution is 2.24. The van der Waals surface area contributed by atoms with Gasteiger partial charge in [0.05, 0.1) is 12.6 Å². The van der Waals surface area contributed by atoms with Crippen molar-refractivity contribution in [1.29, 1.82) is 0 Å². The van der Waals surface area contributed by atoms with E-state index in [1.807, 2.05) is 30.5 Å². The van der Waals surface area contributed by atoms with E-state index in [1.165, 1.54) is 5.56 Å². The third-order valence-corrected chi connectivity index (χ3v) is 3.58. The first kappa shape index (κ1) is 13.4. The van der Waals surface area contributed by atoms with Crippen molar-refractivity contribution in [2.45, 2.75) is 13.0 Å². The molecule has 0 fully saturated rings. The molecule has 3 heteroatoms. The van der Waals surface area contributed by atoms with Crippen LogP contribution in [0, 0.1) is 0 Å². The number of ether oxygens (including phenoxy) is 1. The molecule has 0 saturated carbocycles. The monoisotopic (exact) mass is 278 g/mol. The number of fused-ring (bicyclic) bond motifs is 1. The van der Waals surface area contributed by atoms with Gasteiger partial charge >= 0.3 is 0 Å². The van der Waals surface area contributed by atoms with Gasteiger partial charge in [0.1, 0.15) is 5.75 Å². The van der Waals surface area contributed by atoms with Gasteiger partial charge in [0, 0.05) is 23.3 Å². The molecular formula is C18H18N2O. The van der Waals surface area contributed by atoms with E-state index in [9.17, 15) is 0 Å². The second-order valence-corrected chi connectivity index (χ2v) is 5.05. The number of nitrogens with one attached hydrogen (secondary N) is 1. The maximum absolute atomic E-state index is 5.28. The van der Waals surface area contributed by atoms with E-state index in [0.29, 0.717) is 0 Å². The summed E-state index contributed by atoms with van der Waals surface area (Å²) in [7, 11) is 1.69. The Morgan fingerprint density at radius 1 is 1.05 bits per heavy atom. The van der Waals surface area contributed by atoms with Crippen molar-refractivity contribution in [2.75, 3.05) is 12.4 Å². The Bertz CT molecular complexity index is 755. The molecule has 1 heterocycles. The van der Waals surface area contributed by atoms with E-state index in [0.717, 1.165) is 22.3 Å². The van der Waals surface area contributed by atoms with Crippen LogP contribution < -0.4 is 10.1 Å². The third kappa shape index (κ3) is 2.97. The van der Waals surface area contributed by atoms with Crippen LogP contribution in [0.4, 0.5) is 5.69 Å². The van der Waals surface area contributed by atoms with E-state index in [1.54, 1.807) is 7.11 Å². The Morgan fingerprint density at radius 3 is 2.81 bits per heavy atom. The summed E-state index contributed by atoms with van der Waals surface area (Å²) >= 11 is 0. The quantitative estimate of drug-likeness (QED) is 0.767. The molecule has 0 amide bonds. The lowest BCUT2D eigenvalue weighted by Gasteiger charge is -2.16. The van der Waals surface area contributed by atoms with Crippen LogP contribution in [0.2, 0.25) is 0 Å². The smallest absolute Gasteiger partial charge is 0.119 e. The summed E-state index contributed by atoms with van der Waals surface area (Å²) < 4.78 is 5.28. The number of pyridine rings is 1. The van der Waals surface area contributed by atoms with E-state index in [-0.39, 0.29) is 6.04 Å². The Balaban J connectivity index is 1.83. The van der Waals surface area contributed by atoms with Gasteiger partial charge in [-0.25, -0.2) is 0 Å². The maximum Gasteiger partial charge on any atom is 0.119 e. The maximum atomic E-state index is 5.28. The van der Waals surface area contributed by atoms with E-state index in [4.69, 9.17) is 4.74 Å². The van der Waals surface area contributed by atoms with Crippen LogP contribution in [-0.4, -0.2) is 12.1 Å². The summed E-state index contributed by atoms with van der Waals surface area (Å²) in [6, 6.07) is 18.6. The average Bonchev–Trinajstić information content (AvgIpc) is 2.54. The molecule has 1 aromatic heterocycles. The molecule has 0 aliphatic carbocycles. The zero-order valence-corrected chi connectivity index (χ0v) is 12.2. The van der Waals surface area contributed by atoms with Crippen molar-refractivity contribution in [1.82, 2.24) is 4.98 Å². The van der Waals surface area contributed by atoms with E-state index < -0.39 is 0 Å². The molecule has 0 saturated heterocycles. The molecule has 106 valence electrons. The zero-order valence-electron chi connectivity index (χ0n) is 12.2. The van der Waals surface area contributed by atoms with Crippen LogP contribution in [0.1, 0.15) is 18.5 Å². The SMILES string of the molecule is COc1cccc(C(C)Nc2ccc3ncccc3c2)c1. The number of methoxy groups -OCH3 is 1. The summed E-state index contributed by atoms with van der Waals surface area (Å²) in [5.74, 6) is 0.879. The van der Waals surface area contributed by atoms with E-state index in [2.05, 4.69) is 47.6 Å². The lowest BCUT2D eigenvalue weighted by molar-refractivity contribution is 0.414. The normalized spacial score (nSPS) is 12.1. The Morgan fingerprint density at radius 2 is 1.95 bits per heavy atom. The van der Waals surface area contributed by atoms with Gasteiger partial charge in [0.2, 0.25) is 0 Å². The van der Waals surface area contributed by atoms with Crippen LogP contribution in [0.15, 0.2) is 60.8 Å². The number of benzene rings is 2. The predicted molar refractivity (Wildman–Crippen MR) is 86.8 cm³/mol. The van der Waals surface area contributed by atoms with Crippen molar-refractivity contribution < 1.29 is 4.74 Å². The number of hydrogen-bond donors (Lipinski definition) is 1. The number of rotatable bonds is 4. The minimum Gasteiger partial charge on any atom is -0.497 e. The molecule has 0 spiro atoms. The van der Waals surface area contributed by atoms with Gasteiger partial charge < -0.3 is 10.1 Å². The van der Waals surface area contributed by atoms with Crippen LogP contribution in [0.5, 0.6) is 5.75 Å². The van der Waals surface area contributed by atoms with Crippen molar-refractivity contribution in [3.63, 3.8) is 0 Å². The highest BCUT2D eigenvalue weighted by atomic mass is 16.5. The number of hydrogen-bond acceptors (Lipinski definition) is 3. The molecule has 0 aliphatic rings. The molecule has 1 unspecified atom stereocenters. The first-order valence-corrected chi connectivity index (χ1v) is 7.01. The van der Waals surface area contributed by atoms with Crippen LogP contribution in [-0.2, 0) is 0 Å². The van der Waals surface area contributed by atoms with Crippen LogP contribution >= 0.6 is 0 Å². The molecule has 0 bridgehead atoms. The minimum absolute atomic E-state index is 0.203. The van der Waals surface area contributed by atoms with Crippen molar-refractivity contribution in [3.8, 4) is 5.75 Å². The summed E-state index contributed by atoms with van der Waals surface area (Å²) in [5, 5.41) is 4.66. The number of aromatic nitrogens is 1. The van der Waals surface area contributed by atoms with Gasteiger partial charge in [-0.15, -0.1) is 0 Å². The van der Waals surface area contributed by atoms with Crippen LogP contribution in [0.25, 0.3) is 10.9 Å². The molecule has 0 aliphatic heterocycles. The van der Waals surface area contributed by atoms with Gasteiger partial charge in [-0.05, 0) is 48.9 Å². The number of nitrogens with zero attached hydrogens (tertiary/aromatic N) is 1. The fraction of sp³-hybridized carbons (Fsp3) is 0.167. The second kappa shape index (κ2) is 5.83. The fourth-order valence-electron chi connectivity index (χ4n) is 2.41. The lowest BCUT2D eigenvalue weighted by atomic mass is 10.1. The van der Waals surface area contributed by atoms with Gasteiger partial charge in [0.15, 0.2) is 0 Å². The van der Waals surface area contributed by atoms with Gasteiger partial charge in [-0.1, -0.05) is 18.2 Å². The predicted octanol–water partition coefficient (Wildman–Crippen LogP) is 4.42. The summed E-state index contributed by atoms with van der Waals surface area (Å²) in [6.45, 7) is 2.14. The Kier molecular flexibility index (Phi) is 3.73. The van der Waals surface area contributed by atoms with Crippen molar-refractivity contribution in [3.05, 3.63) is 66.4 Å². The zero-order chi connectivity index (χ0) is 14.7. The lowest BCUT2D eigenvalue weighted by Crippen LogP contribution is -2.06. The second-order valence-electron chi connectivity index (χ2n) is 5.05. The summed E-state index contributed by atoms with van der Waals surface area (Å²) in [4.78, 5) is 4.34. The number of anilines is 1. The van der Waals surface area contributed by atoms with E-state index >= 15 is 0 Å². The molecule has 21 heavy (non-hydrogen) atoms. The Labute approximate surface area is 124 Å². The standard InChI is InChI=1S/C18H18N2O/c1-13(14-5-3-7-17(12-14)21-2)20-16-8-9-18-15(11-16)6-4-10-19-18/h3-13,20H,1-2H3. The topological polar surface area (TPSA) is 34.1 Å². The summed E-state index contributed by atoms with van der Waals surface area (Å²) in [6.07, 6.45) is 1.81. The van der Waals surface area contributed by atoms with Gasteiger partial charge in [-0.3, -0.25) is 4.98 Å². The molecule has 1 atom stereocenters.